The Balaban J connectivity index is 1.64. The molecule has 0 saturated carbocycles. The van der Waals surface area contributed by atoms with Gasteiger partial charge in [-0.15, -0.1) is 0 Å². The smallest absolute Gasteiger partial charge is 0.191 e. The number of benzene rings is 1. The van der Waals surface area contributed by atoms with E-state index in [0.717, 1.165) is 37.9 Å². The Labute approximate surface area is 168 Å². The highest BCUT2D eigenvalue weighted by Crippen LogP contribution is 2.17. The van der Waals surface area contributed by atoms with Crippen LogP contribution in [0.2, 0.25) is 0 Å². The molecular weight excluding hydrogens is 352 g/mol. The summed E-state index contributed by atoms with van der Waals surface area (Å²) in [5, 5.41) is 6.62. The summed E-state index contributed by atoms with van der Waals surface area (Å²) in [6.07, 6.45) is 2.24. The highest BCUT2D eigenvalue weighted by molar-refractivity contribution is 5.79. The van der Waals surface area contributed by atoms with Crippen LogP contribution in [0.25, 0.3) is 0 Å². The van der Waals surface area contributed by atoms with Gasteiger partial charge in [-0.3, -0.25) is 4.90 Å². The number of furan rings is 1. The molecule has 1 aliphatic rings. The number of rotatable bonds is 7. The minimum Gasteiger partial charge on any atom is -0.467 e. The van der Waals surface area contributed by atoms with Crippen LogP contribution in [0.3, 0.4) is 0 Å². The third-order valence-corrected chi connectivity index (χ3v) is 4.77. The van der Waals surface area contributed by atoms with Gasteiger partial charge in [-0.05, 0) is 44.0 Å². The number of guanidine groups is 1. The third kappa shape index (κ3) is 6.11. The molecule has 152 valence electrons. The SMILES string of the molecule is CCNC(=NCc1ccccc1CN1CC(C)OC(C)C1)NCc1ccco1. The zero-order valence-corrected chi connectivity index (χ0v) is 17.1. The molecule has 28 heavy (non-hydrogen) atoms. The van der Waals surface area contributed by atoms with Crippen molar-refractivity contribution in [2.24, 2.45) is 4.99 Å². The van der Waals surface area contributed by atoms with Crippen molar-refractivity contribution < 1.29 is 9.15 Å². The van der Waals surface area contributed by atoms with E-state index in [1.807, 2.05) is 12.1 Å². The molecule has 0 radical (unpaired) electrons. The van der Waals surface area contributed by atoms with Gasteiger partial charge in [0.2, 0.25) is 0 Å². The van der Waals surface area contributed by atoms with Crippen molar-refractivity contribution in [1.82, 2.24) is 15.5 Å². The van der Waals surface area contributed by atoms with Crippen molar-refractivity contribution in [2.75, 3.05) is 19.6 Å². The topological polar surface area (TPSA) is 62.0 Å². The summed E-state index contributed by atoms with van der Waals surface area (Å²) < 4.78 is 11.2. The minimum absolute atomic E-state index is 0.278. The van der Waals surface area contributed by atoms with Crippen molar-refractivity contribution in [2.45, 2.75) is 52.6 Å². The number of aliphatic imine (C=N–C) groups is 1. The minimum atomic E-state index is 0.278. The first-order valence-corrected chi connectivity index (χ1v) is 10.1. The zero-order valence-electron chi connectivity index (χ0n) is 17.1. The van der Waals surface area contributed by atoms with Crippen molar-refractivity contribution in [1.29, 1.82) is 0 Å². The summed E-state index contributed by atoms with van der Waals surface area (Å²) in [5.74, 6) is 1.68. The maximum absolute atomic E-state index is 5.86. The highest BCUT2D eigenvalue weighted by atomic mass is 16.5. The first-order chi connectivity index (χ1) is 13.6. The molecule has 1 aliphatic heterocycles. The summed E-state index contributed by atoms with van der Waals surface area (Å²) in [7, 11) is 0. The fourth-order valence-electron chi connectivity index (χ4n) is 3.61. The average Bonchev–Trinajstić information content (AvgIpc) is 3.18. The Morgan fingerprint density at radius 2 is 1.82 bits per heavy atom. The number of nitrogens with one attached hydrogen (secondary N) is 2. The molecule has 0 amide bonds. The van der Waals surface area contributed by atoms with Gasteiger partial charge in [0.05, 0.1) is 31.6 Å². The second-order valence-corrected chi connectivity index (χ2v) is 7.35. The lowest BCUT2D eigenvalue weighted by Gasteiger charge is -2.35. The molecule has 2 heterocycles. The van der Waals surface area contributed by atoms with Crippen LogP contribution >= 0.6 is 0 Å². The van der Waals surface area contributed by atoms with E-state index < -0.39 is 0 Å². The molecular formula is C22H32N4O2. The first-order valence-electron chi connectivity index (χ1n) is 10.1. The number of nitrogens with zero attached hydrogens (tertiary/aromatic N) is 2. The lowest BCUT2D eigenvalue weighted by molar-refractivity contribution is -0.0705. The van der Waals surface area contributed by atoms with Crippen LogP contribution in [0.15, 0.2) is 52.1 Å². The molecule has 2 aromatic rings. The molecule has 1 aromatic carbocycles. The number of ether oxygens (including phenoxy) is 1. The number of hydrogen-bond donors (Lipinski definition) is 2. The molecule has 1 aromatic heterocycles. The van der Waals surface area contributed by atoms with Crippen molar-refractivity contribution in [3.8, 4) is 0 Å². The van der Waals surface area contributed by atoms with E-state index in [0.29, 0.717) is 13.1 Å². The van der Waals surface area contributed by atoms with E-state index in [4.69, 9.17) is 14.1 Å². The van der Waals surface area contributed by atoms with Crippen LogP contribution in [-0.4, -0.2) is 42.7 Å². The van der Waals surface area contributed by atoms with Gasteiger partial charge in [0, 0.05) is 26.2 Å². The second-order valence-electron chi connectivity index (χ2n) is 7.35. The van der Waals surface area contributed by atoms with E-state index in [-0.39, 0.29) is 12.2 Å². The molecule has 1 saturated heterocycles. The second kappa shape index (κ2) is 10.3. The fraction of sp³-hybridized carbons (Fsp3) is 0.500. The van der Waals surface area contributed by atoms with Gasteiger partial charge in [0.15, 0.2) is 5.96 Å². The first kappa shape index (κ1) is 20.4. The number of hydrogen-bond acceptors (Lipinski definition) is 4. The average molecular weight is 385 g/mol. The van der Waals surface area contributed by atoms with Gasteiger partial charge in [-0.2, -0.15) is 0 Å². The Morgan fingerprint density at radius 3 is 2.50 bits per heavy atom. The van der Waals surface area contributed by atoms with Gasteiger partial charge < -0.3 is 19.8 Å². The lowest BCUT2D eigenvalue weighted by atomic mass is 10.1. The standard InChI is InChI=1S/C22H32N4O2/c1-4-23-22(25-13-21-10-7-11-27-21)24-12-19-8-5-6-9-20(19)16-26-14-17(2)28-18(3)15-26/h5-11,17-18H,4,12-16H2,1-3H3,(H2,23,24,25). The molecule has 3 rings (SSSR count). The Kier molecular flexibility index (Phi) is 7.51. The summed E-state index contributed by atoms with van der Waals surface area (Å²) in [5.41, 5.74) is 2.58. The summed E-state index contributed by atoms with van der Waals surface area (Å²) in [6.45, 7) is 11.3. The van der Waals surface area contributed by atoms with Crippen molar-refractivity contribution in [3.63, 3.8) is 0 Å². The number of morpholine rings is 1. The molecule has 2 N–H and O–H groups in total. The zero-order chi connectivity index (χ0) is 19.8. The predicted molar refractivity (Wildman–Crippen MR) is 112 cm³/mol. The van der Waals surface area contributed by atoms with Crippen LogP contribution in [0, 0.1) is 0 Å². The van der Waals surface area contributed by atoms with E-state index in [1.54, 1.807) is 6.26 Å². The molecule has 2 atom stereocenters. The Morgan fingerprint density at radius 1 is 1.07 bits per heavy atom. The summed E-state index contributed by atoms with van der Waals surface area (Å²) in [4.78, 5) is 7.25. The lowest BCUT2D eigenvalue weighted by Crippen LogP contribution is -2.44. The van der Waals surface area contributed by atoms with Gasteiger partial charge >= 0.3 is 0 Å². The predicted octanol–water partition coefficient (Wildman–Crippen LogP) is 3.14. The Bertz CT molecular complexity index is 735. The Hall–Kier alpha value is -2.31. The largest absolute Gasteiger partial charge is 0.467 e. The van der Waals surface area contributed by atoms with Crippen LogP contribution in [0.1, 0.15) is 37.7 Å². The normalized spacial score (nSPS) is 20.9. The fourth-order valence-corrected chi connectivity index (χ4v) is 3.61. The highest BCUT2D eigenvalue weighted by Gasteiger charge is 2.22. The van der Waals surface area contributed by atoms with E-state index in [1.165, 1.54) is 11.1 Å². The third-order valence-electron chi connectivity index (χ3n) is 4.77. The van der Waals surface area contributed by atoms with Crippen LogP contribution in [0.5, 0.6) is 0 Å². The van der Waals surface area contributed by atoms with Crippen LogP contribution in [-0.2, 0) is 24.4 Å². The molecule has 6 nitrogen and oxygen atoms in total. The molecule has 2 unspecified atom stereocenters. The van der Waals surface area contributed by atoms with E-state index in [2.05, 4.69) is 60.6 Å². The maximum Gasteiger partial charge on any atom is 0.191 e. The molecule has 6 heteroatoms. The van der Waals surface area contributed by atoms with Gasteiger partial charge in [-0.25, -0.2) is 4.99 Å². The maximum atomic E-state index is 5.86. The monoisotopic (exact) mass is 384 g/mol. The molecule has 1 fully saturated rings. The quantitative estimate of drug-likeness (QED) is 0.567. The summed E-state index contributed by atoms with van der Waals surface area (Å²) in [6, 6.07) is 12.4. The van der Waals surface area contributed by atoms with Gasteiger partial charge in [-0.1, -0.05) is 24.3 Å². The van der Waals surface area contributed by atoms with Gasteiger partial charge in [0.25, 0.3) is 0 Å². The van der Waals surface area contributed by atoms with Gasteiger partial charge in [0.1, 0.15) is 5.76 Å². The molecule has 0 spiro atoms. The summed E-state index contributed by atoms with van der Waals surface area (Å²) >= 11 is 0. The van der Waals surface area contributed by atoms with Crippen molar-refractivity contribution in [3.05, 3.63) is 59.5 Å². The van der Waals surface area contributed by atoms with Crippen molar-refractivity contribution >= 4 is 5.96 Å². The van der Waals surface area contributed by atoms with Crippen LogP contribution < -0.4 is 10.6 Å². The van der Waals surface area contributed by atoms with E-state index >= 15 is 0 Å². The van der Waals surface area contributed by atoms with E-state index in [9.17, 15) is 0 Å². The van der Waals surface area contributed by atoms with Crippen LogP contribution in [0.4, 0.5) is 0 Å². The molecule has 0 bridgehead atoms. The molecule has 0 aliphatic carbocycles.